The molecule has 2 heterocycles. The van der Waals surface area contributed by atoms with Crippen molar-refractivity contribution < 1.29 is 4.79 Å². The summed E-state index contributed by atoms with van der Waals surface area (Å²) in [5.41, 5.74) is 4.79. The number of thiazole rings is 1. The molecule has 0 N–H and O–H groups in total. The fourth-order valence-electron chi connectivity index (χ4n) is 4.63. The molecule has 0 bridgehead atoms. The minimum Gasteiger partial charge on any atom is -0.368 e. The molecule has 3 aromatic carbocycles. The molecule has 1 amide bonds. The van der Waals surface area contributed by atoms with Crippen LogP contribution in [0.5, 0.6) is 0 Å². The van der Waals surface area contributed by atoms with Gasteiger partial charge in [-0.05, 0) is 47.9 Å². The second-order valence-corrected chi connectivity index (χ2v) is 9.98. The average Bonchev–Trinajstić information content (AvgIpc) is 3.17. The Labute approximate surface area is 199 Å². The van der Waals surface area contributed by atoms with Crippen molar-refractivity contribution in [1.29, 1.82) is 0 Å². The molecule has 1 fully saturated rings. The van der Waals surface area contributed by atoms with Crippen LogP contribution in [0.15, 0.2) is 66.7 Å². The van der Waals surface area contributed by atoms with Gasteiger partial charge in [0.15, 0.2) is 0 Å². The van der Waals surface area contributed by atoms with Crippen molar-refractivity contribution in [1.82, 2.24) is 9.88 Å². The molecule has 0 aliphatic carbocycles. The van der Waals surface area contributed by atoms with Crippen LogP contribution in [-0.4, -0.2) is 42.0 Å². The van der Waals surface area contributed by atoms with Gasteiger partial charge in [0.2, 0.25) is 5.91 Å². The Morgan fingerprint density at radius 3 is 2.52 bits per heavy atom. The van der Waals surface area contributed by atoms with Crippen LogP contribution >= 0.6 is 11.3 Å². The van der Waals surface area contributed by atoms with Gasteiger partial charge in [-0.25, -0.2) is 4.98 Å². The number of carbonyl (C=O) groups excluding carboxylic acids is 1. The Morgan fingerprint density at radius 2 is 1.70 bits per heavy atom. The molecular formula is C28H29N3OS. The van der Waals surface area contributed by atoms with Gasteiger partial charge >= 0.3 is 0 Å². The summed E-state index contributed by atoms with van der Waals surface area (Å²) in [6.07, 6.45) is 1.25. The van der Waals surface area contributed by atoms with Crippen LogP contribution in [0.4, 0.5) is 5.69 Å². The van der Waals surface area contributed by atoms with Gasteiger partial charge < -0.3 is 9.80 Å². The first kappa shape index (κ1) is 21.7. The topological polar surface area (TPSA) is 36.4 Å². The Kier molecular flexibility index (Phi) is 6.14. The van der Waals surface area contributed by atoms with E-state index in [4.69, 9.17) is 4.98 Å². The lowest BCUT2D eigenvalue weighted by Gasteiger charge is -2.36. The number of aromatic nitrogens is 1. The summed E-state index contributed by atoms with van der Waals surface area (Å²) in [6.45, 7) is 7.45. The summed E-state index contributed by atoms with van der Waals surface area (Å²) in [5.74, 6) is 0.211. The van der Waals surface area contributed by atoms with E-state index in [1.54, 1.807) is 11.3 Å². The maximum Gasteiger partial charge on any atom is 0.228 e. The lowest BCUT2D eigenvalue weighted by Crippen LogP contribution is -2.49. The molecule has 0 saturated carbocycles. The van der Waals surface area contributed by atoms with Crippen LogP contribution in [-0.2, 0) is 17.6 Å². The average molecular weight is 456 g/mol. The van der Waals surface area contributed by atoms with Gasteiger partial charge in [-0.2, -0.15) is 0 Å². The van der Waals surface area contributed by atoms with Crippen molar-refractivity contribution in [2.45, 2.75) is 26.7 Å². The summed E-state index contributed by atoms with van der Waals surface area (Å²) in [5, 5.41) is 3.61. The highest BCUT2D eigenvalue weighted by molar-refractivity contribution is 7.11. The summed E-state index contributed by atoms with van der Waals surface area (Å²) < 4.78 is 0. The molecule has 5 rings (SSSR count). The zero-order valence-corrected chi connectivity index (χ0v) is 20.1. The van der Waals surface area contributed by atoms with Gasteiger partial charge in [0.1, 0.15) is 0 Å². The molecule has 168 valence electrons. The van der Waals surface area contributed by atoms with E-state index in [1.807, 2.05) is 11.8 Å². The Balaban J connectivity index is 1.23. The van der Waals surface area contributed by atoms with E-state index in [2.05, 4.69) is 78.6 Å². The van der Waals surface area contributed by atoms with Crippen molar-refractivity contribution in [2.24, 2.45) is 0 Å². The van der Waals surface area contributed by atoms with Crippen molar-refractivity contribution in [3.63, 3.8) is 0 Å². The molecule has 0 unspecified atom stereocenters. The third-order valence-corrected chi connectivity index (χ3v) is 7.63. The van der Waals surface area contributed by atoms with Crippen molar-refractivity contribution in [3.05, 3.63) is 93.4 Å². The quantitative estimate of drug-likeness (QED) is 0.405. The van der Waals surface area contributed by atoms with E-state index in [0.717, 1.165) is 48.2 Å². The lowest BCUT2D eigenvalue weighted by molar-refractivity contribution is -0.130. The van der Waals surface area contributed by atoms with E-state index >= 15 is 0 Å². The van der Waals surface area contributed by atoms with Crippen LogP contribution in [0, 0.1) is 13.8 Å². The molecule has 1 aromatic heterocycles. The van der Waals surface area contributed by atoms with Gasteiger partial charge in [0, 0.05) is 43.2 Å². The number of amides is 1. The third kappa shape index (κ3) is 4.79. The number of nitrogens with zero attached hydrogens (tertiary/aromatic N) is 3. The van der Waals surface area contributed by atoms with Crippen LogP contribution < -0.4 is 4.90 Å². The van der Waals surface area contributed by atoms with Gasteiger partial charge in [0.05, 0.1) is 17.1 Å². The Morgan fingerprint density at radius 1 is 0.939 bits per heavy atom. The van der Waals surface area contributed by atoms with Crippen LogP contribution in [0.3, 0.4) is 0 Å². The minimum absolute atomic E-state index is 0.211. The maximum absolute atomic E-state index is 13.0. The number of carbonyl (C=O) groups is 1. The van der Waals surface area contributed by atoms with E-state index < -0.39 is 0 Å². The largest absolute Gasteiger partial charge is 0.368 e. The smallest absolute Gasteiger partial charge is 0.228 e. The van der Waals surface area contributed by atoms with E-state index in [-0.39, 0.29) is 5.91 Å². The van der Waals surface area contributed by atoms with Crippen LogP contribution in [0.25, 0.3) is 10.8 Å². The highest BCUT2D eigenvalue weighted by Crippen LogP contribution is 2.26. The predicted octanol–water partition coefficient (Wildman–Crippen LogP) is 5.40. The van der Waals surface area contributed by atoms with Crippen molar-refractivity contribution in [2.75, 3.05) is 31.1 Å². The molecule has 4 aromatic rings. The van der Waals surface area contributed by atoms with E-state index in [0.29, 0.717) is 6.42 Å². The molecule has 5 heteroatoms. The Hall–Kier alpha value is -3.18. The molecular weight excluding hydrogens is 426 g/mol. The first-order valence-corrected chi connectivity index (χ1v) is 12.4. The molecule has 1 saturated heterocycles. The number of anilines is 1. The fraction of sp³-hybridized carbons (Fsp3) is 0.286. The normalized spacial score (nSPS) is 14.1. The molecule has 4 nitrogen and oxygen atoms in total. The standard InChI is InChI=1S/C28H29N3OS/c1-20-7-5-11-24(17-20)30-13-15-31(16-14-30)28(32)19-26-21(2)29-27(33-26)18-23-10-6-9-22-8-3-4-12-25(22)23/h3-12,17H,13-16,18-19H2,1-2H3. The molecule has 0 spiro atoms. The molecule has 33 heavy (non-hydrogen) atoms. The number of piperazine rings is 1. The zero-order chi connectivity index (χ0) is 22.8. The van der Waals surface area contributed by atoms with Gasteiger partial charge in [-0.3, -0.25) is 4.79 Å². The van der Waals surface area contributed by atoms with E-state index in [1.165, 1.54) is 27.6 Å². The van der Waals surface area contributed by atoms with Gasteiger partial charge in [-0.15, -0.1) is 11.3 Å². The fourth-order valence-corrected chi connectivity index (χ4v) is 5.71. The van der Waals surface area contributed by atoms with Crippen molar-refractivity contribution in [3.8, 4) is 0 Å². The van der Waals surface area contributed by atoms with Crippen molar-refractivity contribution >= 4 is 33.7 Å². The molecule has 0 atom stereocenters. The maximum atomic E-state index is 13.0. The summed E-state index contributed by atoms with van der Waals surface area (Å²) in [4.78, 5) is 23.3. The predicted molar refractivity (Wildman–Crippen MR) is 137 cm³/mol. The highest BCUT2D eigenvalue weighted by atomic mass is 32.1. The monoisotopic (exact) mass is 455 g/mol. The number of hydrogen-bond donors (Lipinski definition) is 0. The number of benzene rings is 3. The third-order valence-electron chi connectivity index (χ3n) is 6.47. The first-order valence-electron chi connectivity index (χ1n) is 11.6. The van der Waals surface area contributed by atoms with E-state index in [9.17, 15) is 4.79 Å². The zero-order valence-electron chi connectivity index (χ0n) is 19.3. The second kappa shape index (κ2) is 9.36. The number of aryl methyl sites for hydroxylation is 2. The SMILES string of the molecule is Cc1cccc(N2CCN(C(=O)Cc3sc(Cc4cccc5ccccc45)nc3C)CC2)c1. The number of hydrogen-bond acceptors (Lipinski definition) is 4. The second-order valence-electron chi connectivity index (χ2n) is 8.81. The van der Waals surface area contributed by atoms with Crippen LogP contribution in [0.2, 0.25) is 0 Å². The number of rotatable bonds is 5. The number of fused-ring (bicyclic) bond motifs is 1. The lowest BCUT2D eigenvalue weighted by atomic mass is 10.0. The van der Waals surface area contributed by atoms with Crippen LogP contribution in [0.1, 0.15) is 26.7 Å². The Bertz CT molecular complexity index is 1280. The molecule has 0 radical (unpaired) electrons. The minimum atomic E-state index is 0.211. The van der Waals surface area contributed by atoms with Gasteiger partial charge in [-0.1, -0.05) is 54.6 Å². The summed E-state index contributed by atoms with van der Waals surface area (Å²) in [6, 6.07) is 23.5. The highest BCUT2D eigenvalue weighted by Gasteiger charge is 2.23. The molecule has 1 aliphatic rings. The summed E-state index contributed by atoms with van der Waals surface area (Å²) in [7, 11) is 0. The first-order chi connectivity index (χ1) is 16.1. The summed E-state index contributed by atoms with van der Waals surface area (Å²) >= 11 is 1.69. The molecule has 1 aliphatic heterocycles. The van der Waals surface area contributed by atoms with Gasteiger partial charge in [0.25, 0.3) is 0 Å².